The molecule has 0 fully saturated rings. The minimum atomic E-state index is -4.40. The lowest BCUT2D eigenvalue weighted by molar-refractivity contribution is -0.137. The van der Waals surface area contributed by atoms with Crippen molar-refractivity contribution in [3.05, 3.63) is 71.9 Å². The molecule has 136 valence electrons. The van der Waals surface area contributed by atoms with Crippen LogP contribution in [0.5, 0.6) is 0 Å². The van der Waals surface area contributed by atoms with Gasteiger partial charge in [-0.2, -0.15) is 13.2 Å². The van der Waals surface area contributed by atoms with Gasteiger partial charge in [-0.25, -0.2) is 0 Å². The van der Waals surface area contributed by atoms with Crippen molar-refractivity contribution in [2.24, 2.45) is 0 Å². The van der Waals surface area contributed by atoms with Crippen LogP contribution in [-0.2, 0) is 22.7 Å². The Balaban J connectivity index is 1.65. The van der Waals surface area contributed by atoms with Crippen LogP contribution in [0.15, 0.2) is 60.8 Å². The first-order chi connectivity index (χ1) is 12.4. The predicted octanol–water partition coefficient (Wildman–Crippen LogP) is 4.61. The van der Waals surface area contributed by atoms with Gasteiger partial charge < -0.3 is 5.32 Å². The molecule has 0 radical (unpaired) electrons. The van der Waals surface area contributed by atoms with E-state index in [0.29, 0.717) is 29.1 Å². The van der Waals surface area contributed by atoms with Gasteiger partial charge in [-0.05, 0) is 23.8 Å². The highest BCUT2D eigenvalue weighted by molar-refractivity contribution is 7.84. The number of nitrogens with one attached hydrogen (secondary N) is 1. The number of hydrogen-bond donors (Lipinski definition) is 1. The van der Waals surface area contributed by atoms with Gasteiger partial charge in [0.05, 0.1) is 11.1 Å². The Morgan fingerprint density at radius 2 is 1.81 bits per heavy atom. The predicted molar refractivity (Wildman–Crippen MR) is 98.4 cm³/mol. The number of aromatic nitrogens is 1. The molecule has 0 saturated heterocycles. The summed E-state index contributed by atoms with van der Waals surface area (Å²) in [7, 11) is -1.02. The summed E-state index contributed by atoms with van der Waals surface area (Å²) in [6.07, 6.45) is -2.93. The molecule has 1 atom stereocenters. The van der Waals surface area contributed by atoms with Crippen LogP contribution in [0.4, 0.5) is 18.9 Å². The lowest BCUT2D eigenvalue weighted by Crippen LogP contribution is -2.12. The Kier molecular flexibility index (Phi) is 5.56. The number of hydrogen-bond acceptors (Lipinski definition) is 3. The number of fused-ring (bicyclic) bond motifs is 1. The molecule has 0 bridgehead atoms. The minimum absolute atomic E-state index is 0.273. The molecule has 3 rings (SSSR count). The van der Waals surface area contributed by atoms with Gasteiger partial charge in [0, 0.05) is 46.1 Å². The van der Waals surface area contributed by atoms with Gasteiger partial charge in [-0.1, -0.05) is 36.4 Å². The van der Waals surface area contributed by atoms with Crippen molar-refractivity contribution < 1.29 is 17.4 Å². The normalized spacial score (nSPS) is 12.9. The first kappa shape index (κ1) is 18.4. The molecule has 26 heavy (non-hydrogen) atoms. The Bertz CT molecular complexity index is 914. The first-order valence-corrected chi connectivity index (χ1v) is 9.51. The largest absolute Gasteiger partial charge is 0.416 e. The zero-order valence-electron chi connectivity index (χ0n) is 13.8. The van der Waals surface area contributed by atoms with Gasteiger partial charge in [0.25, 0.3) is 0 Å². The van der Waals surface area contributed by atoms with Crippen molar-refractivity contribution in [2.75, 3.05) is 17.6 Å². The van der Waals surface area contributed by atoms with Crippen LogP contribution in [0.25, 0.3) is 10.9 Å². The summed E-state index contributed by atoms with van der Waals surface area (Å²) < 4.78 is 50.6. The maximum atomic E-state index is 12.8. The second-order valence-corrected chi connectivity index (χ2v) is 7.37. The minimum Gasteiger partial charge on any atom is -0.384 e. The quantitative estimate of drug-likeness (QED) is 0.681. The topological polar surface area (TPSA) is 42.0 Å². The Morgan fingerprint density at radius 1 is 1.04 bits per heavy atom. The molecule has 3 nitrogen and oxygen atoms in total. The maximum Gasteiger partial charge on any atom is 0.416 e. The summed E-state index contributed by atoms with van der Waals surface area (Å²) in [6, 6.07) is 14.8. The third kappa shape index (κ3) is 4.60. The van der Waals surface area contributed by atoms with Crippen LogP contribution in [0.2, 0.25) is 0 Å². The summed E-state index contributed by atoms with van der Waals surface area (Å²) in [4.78, 5) is 4.02. The molecule has 0 aliphatic carbocycles. The fourth-order valence-corrected chi connectivity index (χ4v) is 3.65. The van der Waals surface area contributed by atoms with Crippen LogP contribution in [0.3, 0.4) is 0 Å². The molecule has 1 N–H and O–H groups in total. The summed E-state index contributed by atoms with van der Waals surface area (Å²) >= 11 is 0. The third-order valence-corrected chi connectivity index (χ3v) is 5.20. The number of rotatable bonds is 6. The van der Waals surface area contributed by atoms with Crippen LogP contribution < -0.4 is 5.32 Å². The lowest BCUT2D eigenvalue weighted by atomic mass is 10.1. The van der Waals surface area contributed by atoms with Crippen molar-refractivity contribution in [3.63, 3.8) is 0 Å². The molecule has 0 amide bonds. The van der Waals surface area contributed by atoms with Crippen molar-refractivity contribution in [1.29, 1.82) is 0 Å². The summed E-state index contributed by atoms with van der Waals surface area (Å²) in [5, 5.41) is 3.75. The van der Waals surface area contributed by atoms with Gasteiger partial charge in [-0.15, -0.1) is 0 Å². The Morgan fingerprint density at radius 3 is 2.54 bits per heavy atom. The van der Waals surface area contributed by atoms with E-state index < -0.39 is 22.5 Å². The van der Waals surface area contributed by atoms with Crippen molar-refractivity contribution >= 4 is 27.4 Å². The zero-order valence-corrected chi connectivity index (χ0v) is 14.6. The number of anilines is 1. The Hall–Kier alpha value is -2.41. The highest BCUT2D eigenvalue weighted by Gasteiger charge is 2.30. The van der Waals surface area contributed by atoms with Crippen LogP contribution in [0.1, 0.15) is 11.1 Å². The van der Waals surface area contributed by atoms with E-state index in [2.05, 4.69) is 10.3 Å². The third-order valence-electron chi connectivity index (χ3n) is 3.89. The molecular formula is C19H17F3N2OS. The number of nitrogens with zero attached hydrogens (tertiary/aromatic N) is 1. The fraction of sp³-hybridized carbons (Fsp3) is 0.211. The molecule has 7 heteroatoms. The highest BCUT2D eigenvalue weighted by Crippen LogP contribution is 2.32. The molecular weight excluding hydrogens is 361 g/mol. The molecule has 1 unspecified atom stereocenters. The van der Waals surface area contributed by atoms with E-state index in [9.17, 15) is 17.4 Å². The van der Waals surface area contributed by atoms with Gasteiger partial charge in [-0.3, -0.25) is 9.19 Å². The molecule has 0 saturated carbocycles. The molecule has 3 aromatic rings. The van der Waals surface area contributed by atoms with Gasteiger partial charge in [0.15, 0.2) is 0 Å². The van der Waals surface area contributed by atoms with Crippen LogP contribution in [0, 0.1) is 0 Å². The lowest BCUT2D eigenvalue weighted by Gasteiger charge is -2.11. The molecule has 2 aromatic carbocycles. The molecule has 0 aliphatic rings. The number of benzene rings is 2. The number of halogens is 3. The monoisotopic (exact) mass is 378 g/mol. The van der Waals surface area contributed by atoms with E-state index in [1.54, 1.807) is 6.07 Å². The van der Waals surface area contributed by atoms with Crippen LogP contribution >= 0.6 is 0 Å². The van der Waals surface area contributed by atoms with E-state index in [4.69, 9.17) is 0 Å². The fourth-order valence-electron chi connectivity index (χ4n) is 2.61. The Labute approximate surface area is 151 Å². The summed E-state index contributed by atoms with van der Waals surface area (Å²) in [5.74, 6) is 0.925. The van der Waals surface area contributed by atoms with Crippen molar-refractivity contribution in [1.82, 2.24) is 4.98 Å². The highest BCUT2D eigenvalue weighted by atomic mass is 32.2. The number of alkyl halides is 3. The van der Waals surface area contributed by atoms with Gasteiger partial charge in [0.2, 0.25) is 0 Å². The molecule has 0 spiro atoms. The van der Waals surface area contributed by atoms with Crippen LogP contribution in [-0.4, -0.2) is 21.5 Å². The zero-order chi connectivity index (χ0) is 18.6. The molecule has 1 aromatic heterocycles. The van der Waals surface area contributed by atoms with E-state index >= 15 is 0 Å². The first-order valence-electron chi connectivity index (χ1n) is 8.02. The van der Waals surface area contributed by atoms with Crippen molar-refractivity contribution in [3.8, 4) is 0 Å². The number of pyridine rings is 1. The maximum absolute atomic E-state index is 12.8. The summed E-state index contributed by atoms with van der Waals surface area (Å²) in [5.41, 5.74) is 1.24. The van der Waals surface area contributed by atoms with E-state index in [1.165, 1.54) is 12.3 Å². The smallest absolute Gasteiger partial charge is 0.384 e. The summed E-state index contributed by atoms with van der Waals surface area (Å²) in [6.45, 7) is 0.458. The van der Waals surface area contributed by atoms with Crippen molar-refractivity contribution in [2.45, 2.75) is 11.9 Å². The molecule has 1 heterocycles. The van der Waals surface area contributed by atoms with Gasteiger partial charge in [0.1, 0.15) is 0 Å². The van der Waals surface area contributed by atoms with E-state index in [0.717, 1.165) is 17.7 Å². The van der Waals surface area contributed by atoms with E-state index in [1.807, 2.05) is 30.3 Å². The van der Waals surface area contributed by atoms with Gasteiger partial charge >= 0.3 is 6.18 Å². The SMILES string of the molecule is O=S(CCNc1ccnc2cc(C(F)(F)F)ccc12)Cc1ccccc1. The standard InChI is InChI=1S/C19H17F3N2OS/c20-19(21,22)15-6-7-16-17(8-9-23-18(16)12-15)24-10-11-26(25)13-14-4-2-1-3-5-14/h1-9,12H,10-11,13H2,(H,23,24). The average molecular weight is 378 g/mol. The molecule has 0 aliphatic heterocycles. The average Bonchev–Trinajstić information content (AvgIpc) is 2.61. The van der Waals surface area contributed by atoms with E-state index in [-0.39, 0.29) is 5.52 Å². The second kappa shape index (κ2) is 7.86. The second-order valence-electron chi connectivity index (χ2n) is 5.79.